The van der Waals surface area contributed by atoms with Gasteiger partial charge in [0.2, 0.25) is 10.6 Å². The normalized spacial score (nSPS) is 11.5. The van der Waals surface area contributed by atoms with Crippen molar-refractivity contribution in [2.75, 3.05) is 0 Å². The van der Waals surface area contributed by atoms with Crippen molar-refractivity contribution in [2.45, 2.75) is 19.9 Å². The van der Waals surface area contributed by atoms with Gasteiger partial charge in [-0.1, -0.05) is 66.8 Å². The van der Waals surface area contributed by atoms with E-state index in [4.69, 9.17) is 0 Å². The van der Waals surface area contributed by atoms with E-state index in [9.17, 15) is 14.7 Å². The molecular weight excluding hydrogens is 494 g/mol. The SMILES string of the molecule is CCc1nn(Cc2ccc(-c3ccccc3-c3nn[nH]n3)cc2)c(=NC(=O)c2nccnc2C(=O)O)s1. The Bertz CT molecular complexity index is 1640. The van der Waals surface area contributed by atoms with Crippen LogP contribution in [0.4, 0.5) is 0 Å². The fraction of sp³-hybridized carbons (Fsp3) is 0.125. The molecule has 0 spiro atoms. The summed E-state index contributed by atoms with van der Waals surface area (Å²) in [5, 5.41) is 29.0. The summed E-state index contributed by atoms with van der Waals surface area (Å²) in [6, 6.07) is 15.7. The topological polar surface area (TPSA) is 165 Å². The van der Waals surface area contributed by atoms with Crippen molar-refractivity contribution in [3.8, 4) is 22.5 Å². The van der Waals surface area contributed by atoms with Crippen molar-refractivity contribution in [3.05, 3.63) is 87.7 Å². The summed E-state index contributed by atoms with van der Waals surface area (Å²) < 4.78 is 1.63. The third-order valence-corrected chi connectivity index (χ3v) is 6.47. The van der Waals surface area contributed by atoms with Crippen LogP contribution >= 0.6 is 11.3 Å². The van der Waals surface area contributed by atoms with E-state index in [0.29, 0.717) is 23.6 Å². The molecule has 0 radical (unpaired) electrons. The highest BCUT2D eigenvalue weighted by atomic mass is 32.1. The number of amides is 1. The Balaban J connectivity index is 1.45. The number of carbonyl (C=O) groups excluding carboxylic acids is 1. The van der Waals surface area contributed by atoms with Crippen LogP contribution < -0.4 is 4.80 Å². The number of carboxylic acids is 1. The number of aromatic nitrogens is 8. The van der Waals surface area contributed by atoms with Crippen molar-refractivity contribution in [3.63, 3.8) is 0 Å². The summed E-state index contributed by atoms with van der Waals surface area (Å²) in [7, 11) is 0. The van der Waals surface area contributed by atoms with Crippen LogP contribution in [-0.2, 0) is 13.0 Å². The van der Waals surface area contributed by atoms with Gasteiger partial charge in [-0.15, -0.1) is 10.2 Å². The zero-order valence-corrected chi connectivity index (χ0v) is 20.3. The van der Waals surface area contributed by atoms with Crippen LogP contribution in [0.2, 0.25) is 0 Å². The Kier molecular flexibility index (Phi) is 6.68. The van der Waals surface area contributed by atoms with E-state index in [2.05, 4.69) is 40.7 Å². The molecule has 3 aromatic heterocycles. The predicted molar refractivity (Wildman–Crippen MR) is 133 cm³/mol. The van der Waals surface area contributed by atoms with Crippen LogP contribution in [0, 0.1) is 0 Å². The highest BCUT2D eigenvalue weighted by Crippen LogP contribution is 2.29. The molecule has 0 aliphatic carbocycles. The third-order valence-electron chi connectivity index (χ3n) is 5.38. The minimum atomic E-state index is -1.35. The molecule has 0 aliphatic rings. The van der Waals surface area contributed by atoms with E-state index in [0.717, 1.165) is 27.3 Å². The summed E-state index contributed by atoms with van der Waals surface area (Å²) in [4.78, 5) is 36.3. The van der Waals surface area contributed by atoms with Crippen molar-refractivity contribution < 1.29 is 14.7 Å². The molecule has 0 atom stereocenters. The van der Waals surface area contributed by atoms with Gasteiger partial charge in [-0.2, -0.15) is 15.3 Å². The van der Waals surface area contributed by atoms with Crippen LogP contribution in [0.15, 0.2) is 65.9 Å². The standard InChI is InChI=1S/C24H19N9O3S/c1-2-18-30-33(24(37-18)27-22(34)19-20(23(35)36)26-12-11-25-19)13-14-7-9-15(10-8-14)16-5-3-4-6-17(16)21-28-31-32-29-21/h3-12H,2,13H2,1H3,(H,35,36)(H,28,29,31,32). The molecule has 0 unspecified atom stereocenters. The van der Waals surface area contributed by atoms with Gasteiger partial charge in [-0.25, -0.2) is 19.4 Å². The van der Waals surface area contributed by atoms with Gasteiger partial charge in [-0.05, 0) is 28.3 Å². The second-order valence-electron chi connectivity index (χ2n) is 7.74. The van der Waals surface area contributed by atoms with Crippen LogP contribution in [0.1, 0.15) is 38.5 Å². The number of aromatic amines is 1. The quantitative estimate of drug-likeness (QED) is 0.333. The molecule has 2 aromatic carbocycles. The lowest BCUT2D eigenvalue weighted by Crippen LogP contribution is -2.20. The second-order valence-corrected chi connectivity index (χ2v) is 8.78. The molecule has 12 nitrogen and oxygen atoms in total. The second kappa shape index (κ2) is 10.4. The monoisotopic (exact) mass is 513 g/mol. The van der Waals surface area contributed by atoms with E-state index in [-0.39, 0.29) is 5.69 Å². The third kappa shape index (κ3) is 5.06. The van der Waals surface area contributed by atoms with E-state index in [1.54, 1.807) is 4.68 Å². The largest absolute Gasteiger partial charge is 0.476 e. The first-order valence-electron chi connectivity index (χ1n) is 11.2. The van der Waals surface area contributed by atoms with E-state index >= 15 is 0 Å². The van der Waals surface area contributed by atoms with E-state index in [1.807, 2.05) is 55.5 Å². The van der Waals surface area contributed by atoms with Gasteiger partial charge >= 0.3 is 11.9 Å². The maximum absolute atomic E-state index is 12.8. The fourth-order valence-electron chi connectivity index (χ4n) is 3.64. The number of nitrogens with zero attached hydrogens (tertiary/aromatic N) is 8. The zero-order valence-electron chi connectivity index (χ0n) is 19.4. The van der Waals surface area contributed by atoms with Crippen LogP contribution in [0.5, 0.6) is 0 Å². The van der Waals surface area contributed by atoms with Crippen molar-refractivity contribution in [1.29, 1.82) is 0 Å². The number of hydrogen-bond donors (Lipinski definition) is 2. The number of carbonyl (C=O) groups is 2. The summed E-state index contributed by atoms with van der Waals surface area (Å²) in [6.07, 6.45) is 3.13. The highest BCUT2D eigenvalue weighted by molar-refractivity contribution is 7.08. The molecule has 5 aromatic rings. The molecule has 184 valence electrons. The Morgan fingerprint density at radius 1 is 1.03 bits per heavy atom. The molecule has 13 heteroatoms. The Morgan fingerprint density at radius 3 is 2.43 bits per heavy atom. The average Bonchev–Trinajstić information content (AvgIpc) is 3.60. The molecule has 0 saturated carbocycles. The predicted octanol–water partition coefficient (Wildman–Crippen LogP) is 2.63. The molecule has 0 fully saturated rings. The van der Waals surface area contributed by atoms with E-state index in [1.165, 1.54) is 23.7 Å². The molecule has 1 amide bonds. The zero-order chi connectivity index (χ0) is 25.8. The van der Waals surface area contributed by atoms with Gasteiger partial charge < -0.3 is 5.11 Å². The first-order valence-corrected chi connectivity index (χ1v) is 12.0. The lowest BCUT2D eigenvalue weighted by Gasteiger charge is -2.08. The number of carboxylic acid groups (broad SMARTS) is 1. The molecular formula is C24H19N9O3S. The number of hydrogen-bond acceptors (Lipinski definition) is 9. The van der Waals surface area contributed by atoms with Gasteiger partial charge in [0, 0.05) is 18.0 Å². The Hall–Kier alpha value is -4.91. The van der Waals surface area contributed by atoms with E-state index < -0.39 is 17.6 Å². The maximum Gasteiger partial charge on any atom is 0.356 e. The number of aromatic carboxylic acids is 1. The Labute approximate surface area is 213 Å². The summed E-state index contributed by atoms with van der Waals surface area (Å²) in [5.74, 6) is -1.63. The molecule has 0 saturated heterocycles. The summed E-state index contributed by atoms with van der Waals surface area (Å²) in [5.41, 5.74) is 2.97. The number of nitrogens with one attached hydrogen (secondary N) is 1. The molecule has 2 N–H and O–H groups in total. The minimum absolute atomic E-state index is 0.322. The van der Waals surface area contributed by atoms with Crippen molar-refractivity contribution in [1.82, 2.24) is 40.4 Å². The van der Waals surface area contributed by atoms with Gasteiger partial charge in [0.05, 0.1) is 6.54 Å². The summed E-state index contributed by atoms with van der Waals surface area (Å²) in [6.45, 7) is 2.32. The summed E-state index contributed by atoms with van der Waals surface area (Å²) >= 11 is 1.26. The average molecular weight is 514 g/mol. The van der Waals surface area contributed by atoms with Gasteiger partial charge in [0.15, 0.2) is 11.4 Å². The van der Waals surface area contributed by atoms with Crippen molar-refractivity contribution >= 4 is 23.2 Å². The smallest absolute Gasteiger partial charge is 0.356 e. The van der Waals surface area contributed by atoms with Crippen molar-refractivity contribution in [2.24, 2.45) is 4.99 Å². The highest BCUT2D eigenvalue weighted by Gasteiger charge is 2.19. The first kappa shape index (κ1) is 23.8. The fourth-order valence-corrected chi connectivity index (χ4v) is 4.48. The first-order chi connectivity index (χ1) is 18.0. The number of tetrazole rings is 1. The number of aryl methyl sites for hydroxylation is 1. The van der Waals surface area contributed by atoms with Crippen LogP contribution in [0.25, 0.3) is 22.5 Å². The number of benzene rings is 2. The molecule has 5 rings (SSSR count). The maximum atomic E-state index is 12.8. The van der Waals surface area contributed by atoms with Gasteiger partial charge in [0.1, 0.15) is 5.01 Å². The molecule has 37 heavy (non-hydrogen) atoms. The Morgan fingerprint density at radius 2 is 1.76 bits per heavy atom. The molecule has 0 aliphatic heterocycles. The van der Waals surface area contributed by atoms with Crippen LogP contribution in [0.3, 0.4) is 0 Å². The molecule has 3 heterocycles. The number of H-pyrrole nitrogens is 1. The molecule has 0 bridgehead atoms. The van der Waals surface area contributed by atoms with Gasteiger partial charge in [-0.3, -0.25) is 4.79 Å². The lowest BCUT2D eigenvalue weighted by atomic mass is 9.98. The van der Waals surface area contributed by atoms with Gasteiger partial charge in [0.25, 0.3) is 0 Å². The van der Waals surface area contributed by atoms with Crippen LogP contribution in [-0.4, -0.2) is 57.4 Å². The lowest BCUT2D eigenvalue weighted by molar-refractivity contribution is 0.0684. The number of rotatable bonds is 7. The minimum Gasteiger partial charge on any atom is -0.476 e.